The molecule has 1 heteroatoms. The number of rotatable bonds is 3. The van der Waals surface area contributed by atoms with Gasteiger partial charge in [0, 0.05) is 6.04 Å². The Bertz CT molecular complexity index is 220. The van der Waals surface area contributed by atoms with Crippen LogP contribution in [0.1, 0.15) is 78.1 Å². The van der Waals surface area contributed by atoms with Crippen LogP contribution in [0.5, 0.6) is 0 Å². The van der Waals surface area contributed by atoms with Crippen LogP contribution in [0.4, 0.5) is 0 Å². The third-order valence-corrected chi connectivity index (χ3v) is 5.40. The molecule has 2 aliphatic rings. The standard InChI is InChI=1S/C17H33N/c1-13-9-14(2)11-16(10-13)17(18)12-15-7-5-3-4-6-8-15/h13-17H,3-12,18H2,1-2H3. The molecule has 0 spiro atoms. The van der Waals surface area contributed by atoms with Crippen molar-refractivity contribution in [2.45, 2.75) is 84.1 Å². The highest BCUT2D eigenvalue weighted by Gasteiger charge is 2.29. The molecule has 0 radical (unpaired) electrons. The first-order chi connectivity index (χ1) is 8.65. The summed E-state index contributed by atoms with van der Waals surface area (Å²) in [5, 5.41) is 0. The fourth-order valence-corrected chi connectivity index (χ4v) is 4.54. The zero-order valence-corrected chi connectivity index (χ0v) is 12.5. The molecule has 3 atom stereocenters. The lowest BCUT2D eigenvalue weighted by Crippen LogP contribution is -2.37. The topological polar surface area (TPSA) is 26.0 Å². The van der Waals surface area contributed by atoms with E-state index in [1.165, 1.54) is 64.2 Å². The fraction of sp³-hybridized carbons (Fsp3) is 1.00. The van der Waals surface area contributed by atoms with Gasteiger partial charge in [-0.05, 0) is 49.4 Å². The van der Waals surface area contributed by atoms with E-state index in [1.54, 1.807) is 0 Å². The SMILES string of the molecule is CC1CC(C)CC(C(N)CC2CCCCCC2)C1. The van der Waals surface area contributed by atoms with Gasteiger partial charge in [-0.3, -0.25) is 0 Å². The molecule has 2 N–H and O–H groups in total. The van der Waals surface area contributed by atoms with Crippen LogP contribution in [0.25, 0.3) is 0 Å². The first-order valence-electron chi connectivity index (χ1n) is 8.40. The minimum Gasteiger partial charge on any atom is -0.327 e. The maximum Gasteiger partial charge on any atom is 0.00700 e. The summed E-state index contributed by atoms with van der Waals surface area (Å²) < 4.78 is 0. The summed E-state index contributed by atoms with van der Waals surface area (Å²) in [6.45, 7) is 4.84. The Kier molecular flexibility index (Phi) is 5.54. The molecule has 0 heterocycles. The molecule has 0 aliphatic heterocycles. The van der Waals surface area contributed by atoms with Crippen molar-refractivity contribution < 1.29 is 0 Å². The van der Waals surface area contributed by atoms with Crippen molar-refractivity contribution in [1.29, 1.82) is 0 Å². The molecular weight excluding hydrogens is 218 g/mol. The third-order valence-electron chi connectivity index (χ3n) is 5.40. The summed E-state index contributed by atoms with van der Waals surface area (Å²) in [7, 11) is 0. The van der Waals surface area contributed by atoms with Crippen LogP contribution in [0.15, 0.2) is 0 Å². The average Bonchev–Trinajstić information content (AvgIpc) is 2.56. The van der Waals surface area contributed by atoms with E-state index in [0.29, 0.717) is 6.04 Å². The van der Waals surface area contributed by atoms with Crippen molar-refractivity contribution in [2.24, 2.45) is 29.4 Å². The predicted molar refractivity (Wildman–Crippen MR) is 79.5 cm³/mol. The summed E-state index contributed by atoms with van der Waals surface area (Å²) in [5.74, 6) is 3.56. The Balaban J connectivity index is 1.80. The molecule has 0 aromatic carbocycles. The Hall–Kier alpha value is -0.0400. The second kappa shape index (κ2) is 6.93. The molecule has 2 fully saturated rings. The minimum absolute atomic E-state index is 0.485. The zero-order chi connectivity index (χ0) is 13.0. The summed E-state index contributed by atoms with van der Waals surface area (Å²) in [6, 6.07) is 0.485. The summed E-state index contributed by atoms with van der Waals surface area (Å²) in [6.07, 6.45) is 14.2. The molecule has 0 saturated heterocycles. The van der Waals surface area contributed by atoms with E-state index in [-0.39, 0.29) is 0 Å². The minimum atomic E-state index is 0.485. The second-order valence-corrected chi connectivity index (χ2v) is 7.43. The van der Waals surface area contributed by atoms with Crippen molar-refractivity contribution in [3.05, 3.63) is 0 Å². The molecule has 2 saturated carbocycles. The first-order valence-corrected chi connectivity index (χ1v) is 8.40. The van der Waals surface area contributed by atoms with Gasteiger partial charge in [-0.2, -0.15) is 0 Å². The van der Waals surface area contributed by atoms with Gasteiger partial charge < -0.3 is 5.73 Å². The lowest BCUT2D eigenvalue weighted by molar-refractivity contribution is 0.176. The highest BCUT2D eigenvalue weighted by molar-refractivity contribution is 4.83. The molecule has 0 aromatic rings. The highest BCUT2D eigenvalue weighted by atomic mass is 14.7. The van der Waals surface area contributed by atoms with Gasteiger partial charge >= 0.3 is 0 Å². The van der Waals surface area contributed by atoms with Gasteiger partial charge in [0.15, 0.2) is 0 Å². The van der Waals surface area contributed by atoms with Crippen LogP contribution in [0.3, 0.4) is 0 Å². The van der Waals surface area contributed by atoms with Gasteiger partial charge in [-0.15, -0.1) is 0 Å². The van der Waals surface area contributed by atoms with E-state index in [1.807, 2.05) is 0 Å². The molecule has 106 valence electrons. The van der Waals surface area contributed by atoms with Crippen LogP contribution in [0, 0.1) is 23.7 Å². The van der Waals surface area contributed by atoms with Gasteiger partial charge in [0.1, 0.15) is 0 Å². The Morgan fingerprint density at radius 3 is 2.00 bits per heavy atom. The van der Waals surface area contributed by atoms with E-state index in [9.17, 15) is 0 Å². The van der Waals surface area contributed by atoms with Crippen molar-refractivity contribution in [2.75, 3.05) is 0 Å². The molecular formula is C17H33N. The van der Waals surface area contributed by atoms with Crippen LogP contribution in [-0.4, -0.2) is 6.04 Å². The molecule has 2 aliphatic carbocycles. The van der Waals surface area contributed by atoms with E-state index in [4.69, 9.17) is 5.73 Å². The van der Waals surface area contributed by atoms with E-state index in [2.05, 4.69) is 13.8 Å². The van der Waals surface area contributed by atoms with E-state index in [0.717, 1.165) is 23.7 Å². The molecule has 0 bridgehead atoms. The Morgan fingerprint density at radius 2 is 1.44 bits per heavy atom. The molecule has 3 unspecified atom stereocenters. The van der Waals surface area contributed by atoms with Crippen molar-refractivity contribution in [3.8, 4) is 0 Å². The van der Waals surface area contributed by atoms with Crippen molar-refractivity contribution in [3.63, 3.8) is 0 Å². The van der Waals surface area contributed by atoms with Crippen LogP contribution in [0.2, 0.25) is 0 Å². The van der Waals surface area contributed by atoms with Gasteiger partial charge in [-0.25, -0.2) is 0 Å². The molecule has 0 amide bonds. The summed E-state index contributed by atoms with van der Waals surface area (Å²) in [5.41, 5.74) is 6.55. The number of nitrogens with two attached hydrogens (primary N) is 1. The van der Waals surface area contributed by atoms with Crippen LogP contribution < -0.4 is 5.73 Å². The second-order valence-electron chi connectivity index (χ2n) is 7.43. The molecule has 0 aromatic heterocycles. The largest absolute Gasteiger partial charge is 0.327 e. The maximum absolute atomic E-state index is 6.55. The third kappa shape index (κ3) is 4.26. The fourth-order valence-electron chi connectivity index (χ4n) is 4.54. The number of hydrogen-bond donors (Lipinski definition) is 1. The van der Waals surface area contributed by atoms with Gasteiger partial charge in [0.05, 0.1) is 0 Å². The predicted octanol–water partition coefficient (Wildman–Crippen LogP) is 4.75. The lowest BCUT2D eigenvalue weighted by Gasteiger charge is -2.36. The smallest absolute Gasteiger partial charge is 0.00700 e. The quantitative estimate of drug-likeness (QED) is 0.720. The Labute approximate surface area is 114 Å². The summed E-state index contributed by atoms with van der Waals surface area (Å²) in [4.78, 5) is 0. The number of hydrogen-bond acceptors (Lipinski definition) is 1. The monoisotopic (exact) mass is 251 g/mol. The van der Waals surface area contributed by atoms with Crippen molar-refractivity contribution in [1.82, 2.24) is 0 Å². The molecule has 18 heavy (non-hydrogen) atoms. The highest BCUT2D eigenvalue weighted by Crippen LogP contribution is 2.37. The van der Waals surface area contributed by atoms with Gasteiger partial charge in [0.2, 0.25) is 0 Å². The van der Waals surface area contributed by atoms with E-state index >= 15 is 0 Å². The van der Waals surface area contributed by atoms with Crippen LogP contribution >= 0.6 is 0 Å². The average molecular weight is 251 g/mol. The maximum atomic E-state index is 6.55. The normalized spacial score (nSPS) is 37.2. The van der Waals surface area contributed by atoms with Crippen LogP contribution in [-0.2, 0) is 0 Å². The van der Waals surface area contributed by atoms with Gasteiger partial charge in [0.25, 0.3) is 0 Å². The Morgan fingerprint density at radius 1 is 0.889 bits per heavy atom. The molecule has 1 nitrogen and oxygen atoms in total. The molecule has 2 rings (SSSR count). The zero-order valence-electron chi connectivity index (χ0n) is 12.5. The van der Waals surface area contributed by atoms with Crippen molar-refractivity contribution >= 4 is 0 Å². The van der Waals surface area contributed by atoms with E-state index < -0.39 is 0 Å². The van der Waals surface area contributed by atoms with Gasteiger partial charge in [-0.1, -0.05) is 52.4 Å². The first kappa shape index (κ1) is 14.4. The lowest BCUT2D eigenvalue weighted by atomic mass is 9.72. The summed E-state index contributed by atoms with van der Waals surface area (Å²) >= 11 is 0.